The molecule has 0 aromatic carbocycles. The summed E-state index contributed by atoms with van der Waals surface area (Å²) < 4.78 is 6.66. The Balaban J connectivity index is 1.75. The fourth-order valence-corrected chi connectivity index (χ4v) is 1.93. The predicted molar refractivity (Wildman–Crippen MR) is 71.0 cm³/mol. The summed E-state index contributed by atoms with van der Waals surface area (Å²) in [5.41, 5.74) is 0.717. The van der Waals surface area contributed by atoms with E-state index in [1.165, 1.54) is 0 Å². The first-order valence-corrected chi connectivity index (χ1v) is 6.66. The number of hydrogen-bond donors (Lipinski definition) is 1. The number of nitrogens with zero attached hydrogens (tertiary/aromatic N) is 1. The van der Waals surface area contributed by atoms with Crippen LogP contribution in [0.25, 0.3) is 0 Å². The summed E-state index contributed by atoms with van der Waals surface area (Å²) in [6, 6.07) is 1.79. The Hall–Kier alpha value is -1.62. The summed E-state index contributed by atoms with van der Waals surface area (Å²) >= 11 is 0. The van der Waals surface area contributed by atoms with E-state index in [4.69, 9.17) is 4.74 Å². The molecule has 0 radical (unpaired) electrons. The van der Waals surface area contributed by atoms with Crippen molar-refractivity contribution in [1.82, 2.24) is 9.88 Å². The molecule has 2 rings (SSSR count). The van der Waals surface area contributed by atoms with E-state index in [9.17, 15) is 9.59 Å². The summed E-state index contributed by atoms with van der Waals surface area (Å²) in [4.78, 5) is 23.5. The minimum atomic E-state index is -0.0443. The standard InChI is InChI=1S/C14H20N2O3/c1-19-8-2-6-15-13(17)10-16-7-5-12(9-16)14(18)11-3-4-11/h5,7,9,11H,2-4,6,8,10H2,1H3,(H,15,17). The molecule has 0 aliphatic heterocycles. The zero-order valence-corrected chi connectivity index (χ0v) is 11.2. The highest BCUT2D eigenvalue weighted by Gasteiger charge is 2.30. The summed E-state index contributed by atoms with van der Waals surface area (Å²) in [6.45, 7) is 1.51. The zero-order valence-electron chi connectivity index (χ0n) is 11.2. The molecule has 1 aliphatic carbocycles. The Kier molecular flexibility index (Phi) is 4.74. The molecular formula is C14H20N2O3. The molecule has 1 fully saturated rings. The molecule has 1 amide bonds. The van der Waals surface area contributed by atoms with Gasteiger partial charge in [-0.3, -0.25) is 9.59 Å². The Morgan fingerprint density at radius 2 is 2.26 bits per heavy atom. The summed E-state index contributed by atoms with van der Waals surface area (Å²) in [7, 11) is 1.64. The van der Waals surface area contributed by atoms with Crippen molar-refractivity contribution >= 4 is 11.7 Å². The average Bonchev–Trinajstić information content (AvgIpc) is 3.15. The minimum Gasteiger partial charge on any atom is -0.385 e. The van der Waals surface area contributed by atoms with Crippen LogP contribution in [0.15, 0.2) is 18.5 Å². The molecule has 0 atom stereocenters. The van der Waals surface area contributed by atoms with E-state index in [0.717, 1.165) is 24.8 Å². The number of carbonyl (C=O) groups excluding carboxylic acids is 2. The average molecular weight is 264 g/mol. The third-order valence-electron chi connectivity index (χ3n) is 3.16. The van der Waals surface area contributed by atoms with Gasteiger partial charge in [0.1, 0.15) is 6.54 Å². The highest BCUT2D eigenvalue weighted by molar-refractivity contribution is 5.99. The van der Waals surface area contributed by atoms with Crippen molar-refractivity contribution < 1.29 is 14.3 Å². The predicted octanol–water partition coefficient (Wildman–Crippen LogP) is 1.23. The van der Waals surface area contributed by atoms with Crippen molar-refractivity contribution in [2.24, 2.45) is 5.92 Å². The second-order valence-electron chi connectivity index (χ2n) is 4.91. The van der Waals surface area contributed by atoms with Gasteiger partial charge >= 0.3 is 0 Å². The van der Waals surface area contributed by atoms with Crippen LogP contribution >= 0.6 is 0 Å². The number of Topliss-reactive ketones (excluding diaryl/α,β-unsaturated/α-hetero) is 1. The number of rotatable bonds is 8. The van der Waals surface area contributed by atoms with Crippen LogP contribution in [0.5, 0.6) is 0 Å². The molecule has 1 aromatic heterocycles. The highest BCUT2D eigenvalue weighted by atomic mass is 16.5. The Labute approximate surface area is 112 Å². The number of amides is 1. The van der Waals surface area contributed by atoms with Gasteiger partial charge in [-0.1, -0.05) is 0 Å². The molecular weight excluding hydrogens is 244 g/mol. The lowest BCUT2D eigenvalue weighted by molar-refractivity contribution is -0.121. The fraction of sp³-hybridized carbons (Fsp3) is 0.571. The number of carbonyl (C=O) groups is 2. The first-order valence-electron chi connectivity index (χ1n) is 6.66. The highest BCUT2D eigenvalue weighted by Crippen LogP contribution is 2.32. The van der Waals surface area contributed by atoms with Gasteiger partial charge in [-0.2, -0.15) is 0 Å². The van der Waals surface area contributed by atoms with Crippen LogP contribution in [-0.2, 0) is 16.1 Å². The normalized spacial score (nSPS) is 14.4. The van der Waals surface area contributed by atoms with Crippen LogP contribution in [0, 0.1) is 5.92 Å². The lowest BCUT2D eigenvalue weighted by atomic mass is 10.1. The lowest BCUT2D eigenvalue weighted by Gasteiger charge is -2.05. The van der Waals surface area contributed by atoms with Crippen molar-refractivity contribution in [3.05, 3.63) is 24.0 Å². The van der Waals surface area contributed by atoms with E-state index in [-0.39, 0.29) is 24.2 Å². The monoisotopic (exact) mass is 264 g/mol. The lowest BCUT2D eigenvalue weighted by Crippen LogP contribution is -2.28. The second kappa shape index (κ2) is 6.52. The summed E-state index contributed by atoms with van der Waals surface area (Å²) in [5, 5.41) is 2.81. The summed E-state index contributed by atoms with van der Waals surface area (Å²) in [5.74, 6) is 0.384. The molecule has 5 heteroatoms. The third-order valence-corrected chi connectivity index (χ3v) is 3.16. The van der Waals surface area contributed by atoms with E-state index in [2.05, 4.69) is 5.32 Å². The molecule has 5 nitrogen and oxygen atoms in total. The molecule has 1 heterocycles. The van der Waals surface area contributed by atoms with Crippen molar-refractivity contribution in [3.63, 3.8) is 0 Å². The first-order chi connectivity index (χ1) is 9.20. The maximum Gasteiger partial charge on any atom is 0.239 e. The number of aromatic nitrogens is 1. The van der Waals surface area contributed by atoms with E-state index < -0.39 is 0 Å². The van der Waals surface area contributed by atoms with E-state index in [1.54, 1.807) is 30.1 Å². The van der Waals surface area contributed by atoms with Crippen LogP contribution in [0.2, 0.25) is 0 Å². The van der Waals surface area contributed by atoms with Gasteiger partial charge in [0.05, 0.1) is 0 Å². The second-order valence-corrected chi connectivity index (χ2v) is 4.91. The largest absolute Gasteiger partial charge is 0.385 e. The van der Waals surface area contributed by atoms with E-state index >= 15 is 0 Å². The molecule has 1 aromatic rings. The number of methoxy groups -OCH3 is 1. The molecule has 1 N–H and O–H groups in total. The molecule has 0 spiro atoms. The van der Waals surface area contributed by atoms with E-state index in [0.29, 0.717) is 13.2 Å². The summed E-state index contributed by atoms with van der Waals surface area (Å²) in [6.07, 6.45) is 6.35. The molecule has 0 bridgehead atoms. The van der Waals surface area contributed by atoms with Crippen LogP contribution in [0.4, 0.5) is 0 Å². The van der Waals surface area contributed by atoms with Gasteiger partial charge < -0.3 is 14.6 Å². The maximum absolute atomic E-state index is 11.8. The molecule has 19 heavy (non-hydrogen) atoms. The van der Waals surface area contributed by atoms with Gasteiger partial charge in [-0.25, -0.2) is 0 Å². The smallest absolute Gasteiger partial charge is 0.239 e. The van der Waals surface area contributed by atoms with Gasteiger partial charge in [0, 0.05) is 44.1 Å². The third kappa shape index (κ3) is 4.21. The zero-order chi connectivity index (χ0) is 13.7. The molecule has 1 aliphatic rings. The molecule has 0 saturated heterocycles. The van der Waals surface area contributed by atoms with Crippen LogP contribution < -0.4 is 5.32 Å². The van der Waals surface area contributed by atoms with Gasteiger partial charge in [-0.15, -0.1) is 0 Å². The molecule has 0 unspecified atom stereocenters. The van der Waals surface area contributed by atoms with Crippen LogP contribution in [0.3, 0.4) is 0 Å². The number of hydrogen-bond acceptors (Lipinski definition) is 3. The fourth-order valence-electron chi connectivity index (χ4n) is 1.93. The van der Waals surface area contributed by atoms with Crippen molar-refractivity contribution in [2.75, 3.05) is 20.3 Å². The van der Waals surface area contributed by atoms with Gasteiger partial charge in [0.15, 0.2) is 5.78 Å². The Morgan fingerprint density at radius 3 is 2.95 bits per heavy atom. The van der Waals surface area contributed by atoms with Gasteiger partial charge in [-0.05, 0) is 25.3 Å². The van der Waals surface area contributed by atoms with Crippen LogP contribution in [0.1, 0.15) is 29.6 Å². The molecule has 104 valence electrons. The number of ether oxygens (including phenoxy) is 1. The van der Waals surface area contributed by atoms with Crippen molar-refractivity contribution in [3.8, 4) is 0 Å². The van der Waals surface area contributed by atoms with Crippen molar-refractivity contribution in [2.45, 2.75) is 25.8 Å². The minimum absolute atomic E-state index is 0.0443. The molecule has 1 saturated carbocycles. The SMILES string of the molecule is COCCCNC(=O)Cn1ccc(C(=O)C2CC2)c1. The van der Waals surface area contributed by atoms with Crippen molar-refractivity contribution in [1.29, 1.82) is 0 Å². The van der Waals surface area contributed by atoms with Crippen LogP contribution in [-0.4, -0.2) is 36.5 Å². The topological polar surface area (TPSA) is 60.3 Å². The van der Waals surface area contributed by atoms with E-state index in [1.807, 2.05) is 0 Å². The first kappa shape index (κ1) is 13.8. The Morgan fingerprint density at radius 1 is 1.47 bits per heavy atom. The quantitative estimate of drug-likeness (QED) is 0.567. The Bertz CT molecular complexity index is 449. The van der Waals surface area contributed by atoms with Gasteiger partial charge in [0.25, 0.3) is 0 Å². The maximum atomic E-state index is 11.8. The number of ketones is 1. The number of nitrogens with one attached hydrogen (secondary N) is 1. The van der Waals surface area contributed by atoms with Gasteiger partial charge in [0.2, 0.25) is 5.91 Å².